The Morgan fingerprint density at radius 1 is 1.33 bits per heavy atom. The van der Waals surface area contributed by atoms with Crippen molar-refractivity contribution in [3.8, 4) is 5.69 Å². The van der Waals surface area contributed by atoms with Crippen LogP contribution in [0.2, 0.25) is 5.02 Å². The van der Waals surface area contributed by atoms with Crippen LogP contribution in [0.3, 0.4) is 0 Å². The largest absolute Gasteiger partial charge is 0.327 e. The van der Waals surface area contributed by atoms with Crippen molar-refractivity contribution in [2.24, 2.45) is 5.73 Å². The van der Waals surface area contributed by atoms with Crippen molar-refractivity contribution in [3.05, 3.63) is 47.2 Å². The molecule has 0 amide bonds. The minimum atomic E-state index is 0.209. The molecule has 2 aromatic rings. The molecule has 1 fully saturated rings. The number of nitrogens with zero attached hydrogens (tertiary/aromatic N) is 2. The van der Waals surface area contributed by atoms with E-state index < -0.39 is 0 Å². The fraction of sp³-hybridized carbons (Fsp3) is 0.357. The average Bonchev–Trinajstić information content (AvgIpc) is 3.07. The van der Waals surface area contributed by atoms with E-state index >= 15 is 0 Å². The van der Waals surface area contributed by atoms with E-state index in [0.717, 1.165) is 5.69 Å². The topological polar surface area (TPSA) is 43.8 Å². The first kappa shape index (κ1) is 11.8. The summed E-state index contributed by atoms with van der Waals surface area (Å²) >= 11 is 5.87. The van der Waals surface area contributed by atoms with E-state index in [9.17, 15) is 0 Å². The first-order valence-electron chi connectivity index (χ1n) is 6.18. The SMILES string of the molecule is CC(N)C1(c2ccc(-n3cc(Cl)cn3)cc2)CC1. The van der Waals surface area contributed by atoms with Gasteiger partial charge in [-0.25, -0.2) is 4.68 Å². The van der Waals surface area contributed by atoms with Gasteiger partial charge in [-0.15, -0.1) is 0 Å². The standard InChI is InChI=1S/C14H16ClN3/c1-10(16)14(6-7-14)11-2-4-13(5-3-11)18-9-12(15)8-17-18/h2-5,8-10H,6-7,16H2,1H3. The lowest BCUT2D eigenvalue weighted by atomic mass is 9.89. The summed E-state index contributed by atoms with van der Waals surface area (Å²) in [7, 11) is 0. The van der Waals surface area contributed by atoms with Crippen LogP contribution in [0.25, 0.3) is 5.69 Å². The highest BCUT2D eigenvalue weighted by atomic mass is 35.5. The third-order valence-corrected chi connectivity index (χ3v) is 4.11. The molecule has 3 rings (SSSR count). The zero-order chi connectivity index (χ0) is 12.8. The molecule has 2 N–H and O–H groups in total. The molecule has 94 valence electrons. The van der Waals surface area contributed by atoms with Gasteiger partial charge < -0.3 is 5.73 Å². The van der Waals surface area contributed by atoms with E-state index in [1.54, 1.807) is 17.1 Å². The number of hydrogen-bond donors (Lipinski definition) is 1. The zero-order valence-corrected chi connectivity index (χ0v) is 11.1. The summed E-state index contributed by atoms with van der Waals surface area (Å²) in [5, 5.41) is 4.84. The predicted molar refractivity (Wildman–Crippen MR) is 73.1 cm³/mol. The highest BCUT2D eigenvalue weighted by Gasteiger charge is 2.47. The summed E-state index contributed by atoms with van der Waals surface area (Å²) in [5.41, 5.74) is 8.64. The van der Waals surface area contributed by atoms with Gasteiger partial charge in [0.25, 0.3) is 0 Å². The second kappa shape index (κ2) is 4.11. The molecular formula is C14H16ClN3. The summed E-state index contributed by atoms with van der Waals surface area (Å²) in [6.45, 7) is 2.09. The van der Waals surface area contributed by atoms with E-state index in [1.165, 1.54) is 18.4 Å². The van der Waals surface area contributed by atoms with E-state index in [0.29, 0.717) is 5.02 Å². The lowest BCUT2D eigenvalue weighted by molar-refractivity contribution is 0.556. The fourth-order valence-electron chi connectivity index (χ4n) is 2.53. The number of halogens is 1. The van der Waals surface area contributed by atoms with Gasteiger partial charge in [0.15, 0.2) is 0 Å². The lowest BCUT2D eigenvalue weighted by Crippen LogP contribution is -2.31. The summed E-state index contributed by atoms with van der Waals surface area (Å²) < 4.78 is 1.78. The van der Waals surface area contributed by atoms with Crippen LogP contribution >= 0.6 is 11.6 Å². The quantitative estimate of drug-likeness (QED) is 0.923. The first-order valence-corrected chi connectivity index (χ1v) is 6.56. The van der Waals surface area contributed by atoms with Gasteiger partial charge in [0.1, 0.15) is 0 Å². The second-order valence-electron chi connectivity index (χ2n) is 5.09. The van der Waals surface area contributed by atoms with E-state index in [-0.39, 0.29) is 11.5 Å². The Morgan fingerprint density at radius 3 is 2.44 bits per heavy atom. The number of benzene rings is 1. The Hall–Kier alpha value is -1.32. The number of hydrogen-bond acceptors (Lipinski definition) is 2. The lowest BCUT2D eigenvalue weighted by Gasteiger charge is -2.20. The van der Waals surface area contributed by atoms with Crippen LogP contribution in [0, 0.1) is 0 Å². The van der Waals surface area contributed by atoms with Crippen LogP contribution in [0.15, 0.2) is 36.7 Å². The third-order valence-electron chi connectivity index (χ3n) is 3.92. The van der Waals surface area contributed by atoms with Gasteiger partial charge in [0.05, 0.1) is 16.9 Å². The Labute approximate surface area is 112 Å². The maximum atomic E-state index is 6.08. The van der Waals surface area contributed by atoms with Crippen molar-refractivity contribution in [1.82, 2.24) is 9.78 Å². The summed E-state index contributed by atoms with van der Waals surface area (Å²) in [5.74, 6) is 0. The van der Waals surface area contributed by atoms with Crippen LogP contribution in [-0.4, -0.2) is 15.8 Å². The molecule has 1 atom stereocenters. The van der Waals surface area contributed by atoms with Gasteiger partial charge >= 0.3 is 0 Å². The monoisotopic (exact) mass is 261 g/mol. The molecule has 1 aromatic carbocycles. The Bertz CT molecular complexity index is 553. The highest BCUT2D eigenvalue weighted by Crippen LogP contribution is 2.50. The normalized spacial score (nSPS) is 18.6. The van der Waals surface area contributed by atoms with Gasteiger partial charge in [0.2, 0.25) is 0 Å². The smallest absolute Gasteiger partial charge is 0.0790 e. The fourth-order valence-corrected chi connectivity index (χ4v) is 2.67. The molecule has 1 heterocycles. The molecule has 1 aliphatic carbocycles. The number of nitrogens with two attached hydrogens (primary N) is 1. The van der Waals surface area contributed by atoms with Crippen molar-refractivity contribution in [3.63, 3.8) is 0 Å². The maximum Gasteiger partial charge on any atom is 0.0790 e. The van der Waals surface area contributed by atoms with Crippen LogP contribution in [0.4, 0.5) is 0 Å². The van der Waals surface area contributed by atoms with Gasteiger partial charge in [-0.05, 0) is 37.5 Å². The minimum absolute atomic E-state index is 0.209. The van der Waals surface area contributed by atoms with Crippen LogP contribution < -0.4 is 5.73 Å². The molecule has 0 radical (unpaired) electrons. The molecular weight excluding hydrogens is 246 g/mol. The highest BCUT2D eigenvalue weighted by molar-refractivity contribution is 6.30. The molecule has 4 heteroatoms. The summed E-state index contributed by atoms with van der Waals surface area (Å²) in [6.07, 6.45) is 5.82. The second-order valence-corrected chi connectivity index (χ2v) is 5.53. The first-order chi connectivity index (χ1) is 8.62. The van der Waals surface area contributed by atoms with Crippen LogP contribution in [0.5, 0.6) is 0 Å². The molecule has 1 saturated carbocycles. The average molecular weight is 262 g/mol. The molecule has 1 unspecified atom stereocenters. The van der Waals surface area contributed by atoms with Crippen LogP contribution in [0.1, 0.15) is 25.3 Å². The molecule has 0 bridgehead atoms. The Balaban J connectivity index is 1.90. The van der Waals surface area contributed by atoms with E-state index in [1.807, 2.05) is 0 Å². The van der Waals surface area contributed by atoms with E-state index in [4.69, 9.17) is 17.3 Å². The number of aromatic nitrogens is 2. The van der Waals surface area contributed by atoms with Crippen molar-refractivity contribution in [2.45, 2.75) is 31.2 Å². The molecule has 3 nitrogen and oxygen atoms in total. The van der Waals surface area contributed by atoms with Gasteiger partial charge in [-0.1, -0.05) is 23.7 Å². The van der Waals surface area contributed by atoms with Crippen molar-refractivity contribution in [1.29, 1.82) is 0 Å². The van der Waals surface area contributed by atoms with Crippen LogP contribution in [-0.2, 0) is 5.41 Å². The van der Waals surface area contributed by atoms with Crippen molar-refractivity contribution < 1.29 is 0 Å². The molecule has 0 saturated heterocycles. The van der Waals surface area contributed by atoms with Gasteiger partial charge in [0, 0.05) is 17.7 Å². The van der Waals surface area contributed by atoms with Crippen molar-refractivity contribution >= 4 is 11.6 Å². The third kappa shape index (κ3) is 1.84. The summed E-state index contributed by atoms with van der Waals surface area (Å²) in [4.78, 5) is 0. The maximum absolute atomic E-state index is 6.08. The molecule has 1 aromatic heterocycles. The molecule has 0 spiro atoms. The Kier molecular flexibility index (Phi) is 2.68. The minimum Gasteiger partial charge on any atom is -0.327 e. The zero-order valence-electron chi connectivity index (χ0n) is 10.3. The molecule has 18 heavy (non-hydrogen) atoms. The molecule has 1 aliphatic rings. The van der Waals surface area contributed by atoms with Crippen molar-refractivity contribution in [2.75, 3.05) is 0 Å². The number of rotatable bonds is 3. The van der Waals surface area contributed by atoms with E-state index in [2.05, 4.69) is 36.3 Å². The predicted octanol–water partition coefficient (Wildman–Crippen LogP) is 2.90. The van der Waals surface area contributed by atoms with Gasteiger partial charge in [-0.3, -0.25) is 0 Å². The summed E-state index contributed by atoms with van der Waals surface area (Å²) in [6, 6.07) is 8.66. The molecule has 0 aliphatic heterocycles. The Morgan fingerprint density at radius 2 is 2.00 bits per heavy atom. The van der Waals surface area contributed by atoms with Gasteiger partial charge in [-0.2, -0.15) is 5.10 Å².